The summed E-state index contributed by atoms with van der Waals surface area (Å²) in [5.74, 6) is 1.51. The first kappa shape index (κ1) is 16.7. The van der Waals surface area contributed by atoms with Gasteiger partial charge in [0.15, 0.2) is 5.82 Å². The molecule has 2 aromatic carbocycles. The molecule has 0 aliphatic rings. The van der Waals surface area contributed by atoms with Crippen molar-refractivity contribution in [3.8, 4) is 17.2 Å². The van der Waals surface area contributed by atoms with Crippen molar-refractivity contribution in [2.45, 2.75) is 19.8 Å². The van der Waals surface area contributed by atoms with Crippen LogP contribution in [-0.4, -0.2) is 23.2 Å². The zero-order chi connectivity index (χ0) is 17.8. The lowest BCUT2D eigenvalue weighted by molar-refractivity contribution is 0.102. The summed E-state index contributed by atoms with van der Waals surface area (Å²) in [6.07, 6.45) is 0. The van der Waals surface area contributed by atoms with Gasteiger partial charge in [-0.2, -0.15) is 4.98 Å². The van der Waals surface area contributed by atoms with Crippen molar-refractivity contribution < 1.29 is 14.1 Å². The van der Waals surface area contributed by atoms with Crippen molar-refractivity contribution in [2.24, 2.45) is 0 Å². The quantitative estimate of drug-likeness (QED) is 0.758. The monoisotopic (exact) mass is 337 g/mol. The summed E-state index contributed by atoms with van der Waals surface area (Å²) in [6.45, 7) is 3.96. The molecule has 6 heteroatoms. The minimum absolute atomic E-state index is 0.148. The van der Waals surface area contributed by atoms with E-state index in [0.717, 1.165) is 0 Å². The van der Waals surface area contributed by atoms with Gasteiger partial charge in [0.2, 0.25) is 0 Å². The minimum atomic E-state index is -0.256. The molecular weight excluding hydrogens is 318 g/mol. The highest BCUT2D eigenvalue weighted by Gasteiger charge is 2.18. The van der Waals surface area contributed by atoms with E-state index in [9.17, 15) is 4.79 Å². The maximum absolute atomic E-state index is 12.7. The standard InChI is InChI=1S/C19H19N3O3/c1-12(2)17-21-19(25-22-17)16-10-5-4-9-15(16)18(23)20-13-7-6-8-14(11-13)24-3/h4-12H,1-3H3,(H,20,23). The number of amides is 1. The number of methoxy groups -OCH3 is 1. The van der Waals surface area contributed by atoms with Crippen LogP contribution in [0.5, 0.6) is 5.75 Å². The van der Waals surface area contributed by atoms with E-state index >= 15 is 0 Å². The van der Waals surface area contributed by atoms with E-state index in [1.807, 2.05) is 32.0 Å². The number of carbonyl (C=O) groups is 1. The maximum atomic E-state index is 12.7. The van der Waals surface area contributed by atoms with E-state index < -0.39 is 0 Å². The Kier molecular flexibility index (Phi) is 4.79. The van der Waals surface area contributed by atoms with Crippen LogP contribution in [-0.2, 0) is 0 Å². The summed E-state index contributed by atoms with van der Waals surface area (Å²) < 4.78 is 10.5. The lowest BCUT2D eigenvalue weighted by Crippen LogP contribution is -2.13. The van der Waals surface area contributed by atoms with Crippen LogP contribution in [0.3, 0.4) is 0 Å². The summed E-state index contributed by atoms with van der Waals surface area (Å²) in [7, 11) is 1.58. The number of benzene rings is 2. The average Bonchev–Trinajstić information content (AvgIpc) is 3.12. The van der Waals surface area contributed by atoms with E-state index in [1.54, 1.807) is 37.4 Å². The number of ether oxygens (including phenoxy) is 1. The van der Waals surface area contributed by atoms with Gasteiger partial charge in [0, 0.05) is 17.7 Å². The summed E-state index contributed by atoms with van der Waals surface area (Å²) in [4.78, 5) is 17.1. The molecule has 0 fully saturated rings. The van der Waals surface area contributed by atoms with Crippen LogP contribution in [0.25, 0.3) is 11.5 Å². The molecular formula is C19H19N3O3. The van der Waals surface area contributed by atoms with Crippen molar-refractivity contribution in [2.75, 3.05) is 12.4 Å². The fourth-order valence-corrected chi connectivity index (χ4v) is 2.35. The highest BCUT2D eigenvalue weighted by molar-refractivity contribution is 6.08. The van der Waals surface area contributed by atoms with Crippen LogP contribution in [0.2, 0.25) is 0 Å². The topological polar surface area (TPSA) is 77.2 Å². The van der Waals surface area contributed by atoms with E-state index in [-0.39, 0.29) is 11.8 Å². The SMILES string of the molecule is COc1cccc(NC(=O)c2ccccc2-c2nc(C(C)C)no2)c1. The lowest BCUT2D eigenvalue weighted by atomic mass is 10.1. The van der Waals surface area contributed by atoms with Crippen LogP contribution in [0, 0.1) is 0 Å². The third-order valence-corrected chi connectivity index (χ3v) is 3.69. The Balaban J connectivity index is 1.90. The molecule has 1 heterocycles. The van der Waals surface area contributed by atoms with Gasteiger partial charge in [-0.25, -0.2) is 0 Å². The highest BCUT2D eigenvalue weighted by atomic mass is 16.5. The molecule has 1 aromatic heterocycles. The molecule has 0 aliphatic carbocycles. The third kappa shape index (κ3) is 3.68. The minimum Gasteiger partial charge on any atom is -0.497 e. The van der Waals surface area contributed by atoms with E-state index in [1.165, 1.54) is 0 Å². The summed E-state index contributed by atoms with van der Waals surface area (Å²) in [5, 5.41) is 6.83. The number of anilines is 1. The van der Waals surface area contributed by atoms with E-state index in [2.05, 4.69) is 15.5 Å². The molecule has 0 saturated heterocycles. The third-order valence-electron chi connectivity index (χ3n) is 3.69. The zero-order valence-electron chi connectivity index (χ0n) is 14.3. The average molecular weight is 337 g/mol. The molecule has 1 N–H and O–H groups in total. The number of carbonyl (C=O) groups excluding carboxylic acids is 1. The van der Waals surface area contributed by atoms with Gasteiger partial charge in [-0.05, 0) is 24.3 Å². The molecule has 3 rings (SSSR count). The predicted molar refractivity (Wildman–Crippen MR) is 94.8 cm³/mol. The van der Waals surface area contributed by atoms with Crippen molar-refractivity contribution in [1.82, 2.24) is 10.1 Å². The molecule has 3 aromatic rings. The van der Waals surface area contributed by atoms with Gasteiger partial charge in [-0.3, -0.25) is 4.79 Å². The number of nitrogens with zero attached hydrogens (tertiary/aromatic N) is 2. The molecule has 6 nitrogen and oxygen atoms in total. The van der Waals surface area contributed by atoms with Crippen LogP contribution in [0.1, 0.15) is 35.9 Å². The van der Waals surface area contributed by atoms with Crippen molar-refractivity contribution in [3.63, 3.8) is 0 Å². The second-order valence-electron chi connectivity index (χ2n) is 5.84. The normalized spacial score (nSPS) is 10.7. The van der Waals surface area contributed by atoms with Gasteiger partial charge in [0.1, 0.15) is 5.75 Å². The van der Waals surface area contributed by atoms with Crippen LogP contribution >= 0.6 is 0 Å². The predicted octanol–water partition coefficient (Wildman–Crippen LogP) is 4.12. The first-order valence-corrected chi connectivity index (χ1v) is 7.97. The Morgan fingerprint density at radius 2 is 1.96 bits per heavy atom. The van der Waals surface area contributed by atoms with Gasteiger partial charge in [-0.1, -0.05) is 37.2 Å². The second kappa shape index (κ2) is 7.17. The second-order valence-corrected chi connectivity index (χ2v) is 5.84. The zero-order valence-corrected chi connectivity index (χ0v) is 14.3. The Labute approximate surface area is 145 Å². The van der Waals surface area contributed by atoms with Crippen LogP contribution < -0.4 is 10.1 Å². The summed E-state index contributed by atoms with van der Waals surface area (Å²) >= 11 is 0. The molecule has 0 aliphatic heterocycles. The number of hydrogen-bond donors (Lipinski definition) is 1. The molecule has 128 valence electrons. The molecule has 25 heavy (non-hydrogen) atoms. The van der Waals surface area contributed by atoms with Gasteiger partial charge in [0.25, 0.3) is 11.8 Å². The number of hydrogen-bond acceptors (Lipinski definition) is 5. The van der Waals surface area contributed by atoms with Crippen LogP contribution in [0.15, 0.2) is 53.1 Å². The highest BCUT2D eigenvalue weighted by Crippen LogP contribution is 2.25. The van der Waals surface area contributed by atoms with Gasteiger partial charge < -0.3 is 14.6 Å². The van der Waals surface area contributed by atoms with E-state index in [0.29, 0.717) is 34.3 Å². The molecule has 0 bridgehead atoms. The Morgan fingerprint density at radius 3 is 2.68 bits per heavy atom. The molecule has 0 spiro atoms. The Hall–Kier alpha value is -3.15. The molecule has 0 unspecified atom stereocenters. The molecule has 0 atom stereocenters. The van der Waals surface area contributed by atoms with Crippen molar-refractivity contribution >= 4 is 11.6 Å². The van der Waals surface area contributed by atoms with E-state index in [4.69, 9.17) is 9.26 Å². The van der Waals surface area contributed by atoms with Crippen LogP contribution in [0.4, 0.5) is 5.69 Å². The summed E-state index contributed by atoms with van der Waals surface area (Å²) in [5.41, 5.74) is 1.71. The first-order valence-electron chi connectivity index (χ1n) is 7.97. The molecule has 1 amide bonds. The fourth-order valence-electron chi connectivity index (χ4n) is 2.35. The maximum Gasteiger partial charge on any atom is 0.258 e. The summed E-state index contributed by atoms with van der Waals surface area (Å²) in [6, 6.07) is 14.3. The van der Waals surface area contributed by atoms with Gasteiger partial charge in [0.05, 0.1) is 18.2 Å². The largest absolute Gasteiger partial charge is 0.497 e. The molecule has 0 radical (unpaired) electrons. The number of aromatic nitrogens is 2. The Morgan fingerprint density at radius 1 is 1.16 bits per heavy atom. The van der Waals surface area contributed by atoms with Gasteiger partial charge >= 0.3 is 0 Å². The number of nitrogens with one attached hydrogen (secondary N) is 1. The number of rotatable bonds is 5. The van der Waals surface area contributed by atoms with Gasteiger partial charge in [-0.15, -0.1) is 0 Å². The molecule has 0 saturated carbocycles. The van der Waals surface area contributed by atoms with Crippen molar-refractivity contribution in [3.05, 3.63) is 59.9 Å². The van der Waals surface area contributed by atoms with Crippen molar-refractivity contribution in [1.29, 1.82) is 0 Å². The lowest BCUT2D eigenvalue weighted by Gasteiger charge is -2.09. The smallest absolute Gasteiger partial charge is 0.258 e. The first-order chi connectivity index (χ1) is 12.1. The fraction of sp³-hybridized carbons (Fsp3) is 0.211. The Bertz CT molecular complexity index is 887.